The Balaban J connectivity index is 1.89. The minimum atomic E-state index is -0.256. The van der Waals surface area contributed by atoms with Gasteiger partial charge in [-0.1, -0.05) is 25.2 Å². The number of hydrogen-bond acceptors (Lipinski definition) is 4. The van der Waals surface area contributed by atoms with Crippen LogP contribution in [0.25, 0.3) is 0 Å². The molecule has 1 saturated heterocycles. The van der Waals surface area contributed by atoms with Gasteiger partial charge in [0.15, 0.2) is 0 Å². The molecule has 5 atom stereocenters. The zero-order valence-electron chi connectivity index (χ0n) is 12.6. The first-order chi connectivity index (χ1) is 9.99. The van der Waals surface area contributed by atoms with Crippen LogP contribution in [0.4, 0.5) is 0 Å². The summed E-state index contributed by atoms with van der Waals surface area (Å²) in [5.74, 6) is 0.301. The van der Waals surface area contributed by atoms with Gasteiger partial charge in [-0.15, -0.1) is 0 Å². The lowest BCUT2D eigenvalue weighted by molar-refractivity contribution is -0.145. The maximum absolute atomic E-state index is 11.9. The van der Waals surface area contributed by atoms with Gasteiger partial charge in [0.05, 0.1) is 5.92 Å². The molecule has 1 aliphatic heterocycles. The van der Waals surface area contributed by atoms with Crippen molar-refractivity contribution in [3.63, 3.8) is 0 Å². The van der Waals surface area contributed by atoms with E-state index in [1.807, 2.05) is 6.92 Å². The van der Waals surface area contributed by atoms with Crippen LogP contribution in [0.2, 0.25) is 0 Å². The third-order valence-corrected chi connectivity index (χ3v) is 5.29. The molecule has 5 unspecified atom stereocenters. The number of carbonyl (C=O) groups excluding carboxylic acids is 2. The molecule has 2 aliphatic carbocycles. The molecule has 0 aromatic rings. The summed E-state index contributed by atoms with van der Waals surface area (Å²) in [6.07, 6.45) is 4.89. The van der Waals surface area contributed by atoms with Gasteiger partial charge >= 0.3 is 11.9 Å². The Morgan fingerprint density at radius 2 is 2.29 bits per heavy atom. The number of hydrogen-bond donors (Lipinski definition) is 0. The molecule has 0 aromatic heterocycles. The van der Waals surface area contributed by atoms with Crippen molar-refractivity contribution in [2.75, 3.05) is 6.61 Å². The summed E-state index contributed by atoms with van der Waals surface area (Å²) in [7, 11) is 0. The van der Waals surface area contributed by atoms with Crippen molar-refractivity contribution >= 4 is 11.9 Å². The van der Waals surface area contributed by atoms with Gasteiger partial charge in [0.25, 0.3) is 0 Å². The molecule has 0 radical (unpaired) electrons. The molecule has 114 valence electrons. The lowest BCUT2D eigenvalue weighted by atomic mass is 9.79. The molecule has 4 heteroatoms. The third kappa shape index (κ3) is 2.41. The molecule has 0 amide bonds. The Labute approximate surface area is 125 Å². The molecule has 3 aliphatic rings. The summed E-state index contributed by atoms with van der Waals surface area (Å²) in [6, 6.07) is 0. The normalized spacial score (nSPS) is 38.2. The second kappa shape index (κ2) is 5.32. The lowest BCUT2D eigenvalue weighted by Gasteiger charge is -2.27. The van der Waals surface area contributed by atoms with Crippen LogP contribution in [0.3, 0.4) is 0 Å². The molecule has 0 N–H and O–H groups in total. The summed E-state index contributed by atoms with van der Waals surface area (Å²) in [5, 5.41) is 0. The standard InChI is InChI=1S/C17H22O4/c1-9-4-6-14-12(8-20-11(3)18)5-7-13-10(2)17(19)21-16(13)15(9)14/h5,10,13-16H,1,4,6-8H2,2-3H3. The largest absolute Gasteiger partial charge is 0.461 e. The quantitative estimate of drug-likeness (QED) is 0.579. The third-order valence-electron chi connectivity index (χ3n) is 5.29. The van der Waals surface area contributed by atoms with E-state index in [1.165, 1.54) is 18.1 Å². The number of allylic oxidation sites excluding steroid dienone is 1. The van der Waals surface area contributed by atoms with Crippen molar-refractivity contribution in [2.45, 2.75) is 39.2 Å². The average Bonchev–Trinajstić information content (AvgIpc) is 2.87. The molecule has 1 saturated carbocycles. The van der Waals surface area contributed by atoms with Crippen molar-refractivity contribution < 1.29 is 19.1 Å². The van der Waals surface area contributed by atoms with E-state index in [0.29, 0.717) is 12.5 Å². The summed E-state index contributed by atoms with van der Waals surface area (Å²) < 4.78 is 10.9. The molecule has 21 heavy (non-hydrogen) atoms. The highest BCUT2D eigenvalue weighted by Gasteiger charge is 2.51. The van der Waals surface area contributed by atoms with Crippen LogP contribution in [0.1, 0.15) is 33.1 Å². The maximum atomic E-state index is 11.9. The van der Waals surface area contributed by atoms with Crippen molar-refractivity contribution in [3.05, 3.63) is 23.8 Å². The Morgan fingerprint density at radius 1 is 1.52 bits per heavy atom. The summed E-state index contributed by atoms with van der Waals surface area (Å²) in [4.78, 5) is 23.0. The van der Waals surface area contributed by atoms with E-state index in [9.17, 15) is 9.59 Å². The summed E-state index contributed by atoms with van der Waals surface area (Å²) in [6.45, 7) is 7.93. The Kier molecular flexibility index (Phi) is 3.64. The van der Waals surface area contributed by atoms with Gasteiger partial charge in [-0.05, 0) is 30.8 Å². The van der Waals surface area contributed by atoms with Crippen LogP contribution in [0.5, 0.6) is 0 Å². The van der Waals surface area contributed by atoms with E-state index in [0.717, 1.165) is 19.3 Å². The zero-order chi connectivity index (χ0) is 15.1. The second-order valence-electron chi connectivity index (χ2n) is 6.48. The number of carbonyl (C=O) groups is 2. The van der Waals surface area contributed by atoms with Gasteiger partial charge in [0, 0.05) is 18.8 Å². The Morgan fingerprint density at radius 3 is 3.00 bits per heavy atom. The van der Waals surface area contributed by atoms with Gasteiger partial charge in [0.1, 0.15) is 12.7 Å². The fourth-order valence-corrected chi connectivity index (χ4v) is 4.10. The molecule has 1 heterocycles. The molecule has 0 bridgehead atoms. The van der Waals surface area contributed by atoms with E-state index in [2.05, 4.69) is 12.7 Å². The molecule has 4 nitrogen and oxygen atoms in total. The van der Waals surface area contributed by atoms with E-state index in [4.69, 9.17) is 9.47 Å². The predicted molar refractivity (Wildman–Crippen MR) is 77.2 cm³/mol. The van der Waals surface area contributed by atoms with Gasteiger partial charge in [-0.2, -0.15) is 0 Å². The maximum Gasteiger partial charge on any atom is 0.309 e. The zero-order valence-corrected chi connectivity index (χ0v) is 12.6. The summed E-state index contributed by atoms with van der Waals surface area (Å²) in [5.41, 5.74) is 2.35. The fraction of sp³-hybridized carbons (Fsp3) is 0.647. The minimum absolute atomic E-state index is 0.0569. The van der Waals surface area contributed by atoms with Crippen LogP contribution < -0.4 is 0 Å². The van der Waals surface area contributed by atoms with E-state index in [-0.39, 0.29) is 35.8 Å². The van der Waals surface area contributed by atoms with Gasteiger partial charge < -0.3 is 9.47 Å². The molecular weight excluding hydrogens is 268 g/mol. The Hall–Kier alpha value is -1.58. The molecule has 2 fully saturated rings. The average molecular weight is 290 g/mol. The SMILES string of the molecule is C=C1CCC2C(COC(C)=O)=CCC3C(C)C(=O)OC3C12. The first kappa shape index (κ1) is 14.4. The topological polar surface area (TPSA) is 52.6 Å². The highest BCUT2D eigenvalue weighted by atomic mass is 16.6. The van der Waals surface area contributed by atoms with Crippen molar-refractivity contribution in [3.8, 4) is 0 Å². The van der Waals surface area contributed by atoms with E-state index >= 15 is 0 Å². The van der Waals surface area contributed by atoms with Crippen molar-refractivity contribution in [1.29, 1.82) is 0 Å². The second-order valence-corrected chi connectivity index (χ2v) is 6.48. The number of esters is 2. The summed E-state index contributed by atoms with van der Waals surface area (Å²) >= 11 is 0. The van der Waals surface area contributed by atoms with Gasteiger partial charge in [-0.25, -0.2) is 0 Å². The van der Waals surface area contributed by atoms with E-state index in [1.54, 1.807) is 0 Å². The monoisotopic (exact) mass is 290 g/mol. The van der Waals surface area contributed by atoms with Crippen molar-refractivity contribution in [1.82, 2.24) is 0 Å². The number of rotatable bonds is 2. The van der Waals surface area contributed by atoms with Gasteiger partial charge in [-0.3, -0.25) is 9.59 Å². The lowest BCUT2D eigenvalue weighted by Crippen LogP contribution is -2.30. The number of ether oxygens (including phenoxy) is 2. The van der Waals surface area contributed by atoms with Gasteiger partial charge in [0.2, 0.25) is 0 Å². The first-order valence-corrected chi connectivity index (χ1v) is 7.69. The molecule has 0 aromatic carbocycles. The fourth-order valence-electron chi connectivity index (χ4n) is 4.10. The smallest absolute Gasteiger partial charge is 0.309 e. The van der Waals surface area contributed by atoms with Crippen molar-refractivity contribution in [2.24, 2.45) is 23.7 Å². The van der Waals surface area contributed by atoms with Crippen LogP contribution in [-0.4, -0.2) is 24.6 Å². The highest BCUT2D eigenvalue weighted by Crippen LogP contribution is 2.50. The first-order valence-electron chi connectivity index (χ1n) is 7.69. The number of fused-ring (bicyclic) bond motifs is 3. The van der Waals surface area contributed by atoms with Crippen LogP contribution in [0, 0.1) is 23.7 Å². The molecule has 0 spiro atoms. The van der Waals surface area contributed by atoms with Crippen LogP contribution in [-0.2, 0) is 19.1 Å². The van der Waals surface area contributed by atoms with Crippen LogP contribution in [0.15, 0.2) is 23.8 Å². The minimum Gasteiger partial charge on any atom is -0.461 e. The van der Waals surface area contributed by atoms with Crippen LogP contribution >= 0.6 is 0 Å². The molecular formula is C17H22O4. The van der Waals surface area contributed by atoms with E-state index < -0.39 is 0 Å². The molecule has 3 rings (SSSR count). The highest BCUT2D eigenvalue weighted by molar-refractivity contribution is 5.75. The Bertz CT molecular complexity index is 519. The predicted octanol–water partition coefficient (Wildman–Crippen LogP) is 2.64.